The van der Waals surface area contributed by atoms with Crippen LogP contribution in [-0.2, 0) is 27.9 Å². The molecule has 314 valence electrons. The maximum Gasteiger partial charge on any atom is 0.306 e. The summed E-state index contributed by atoms with van der Waals surface area (Å²) in [5, 5.41) is 0. The maximum atomic E-state index is 12.7. The van der Waals surface area contributed by atoms with Gasteiger partial charge < -0.3 is 27.9 Å². The van der Waals surface area contributed by atoms with E-state index in [0.717, 1.165) is 38.5 Å². The largest absolute Gasteiger partial charge is 0.756 e. The number of hydrogen-bond acceptors (Lipinski definition) is 7. The second-order valence-electron chi connectivity index (χ2n) is 16.2. The first-order valence-electron chi connectivity index (χ1n) is 22.1. The predicted molar refractivity (Wildman–Crippen MR) is 222 cm³/mol. The number of carbonyl (C=O) groups is 1. The second kappa shape index (κ2) is 37.7. The van der Waals surface area contributed by atoms with Gasteiger partial charge in [0.25, 0.3) is 7.82 Å². The maximum absolute atomic E-state index is 12.7. The molecule has 0 fully saturated rings. The Labute approximate surface area is 328 Å². The zero-order chi connectivity index (χ0) is 39.1. The number of quaternary nitrogens is 1. The number of unbranched alkanes of at least 4 members (excludes halogenated alkanes) is 27. The van der Waals surface area contributed by atoms with Crippen LogP contribution in [0.15, 0.2) is 25.0 Å². The summed E-state index contributed by atoms with van der Waals surface area (Å²) in [6.07, 6.45) is 41.7. The highest BCUT2D eigenvalue weighted by Crippen LogP contribution is 2.38. The number of hydrogen-bond donors (Lipinski definition) is 0. The monoisotopic (exact) mass is 772 g/mol. The SMILES string of the molecule is C=CCCCCCCCCCCCCCCCC(=O)O[C@H](CO/C=C/CCCCCCCCCCCCCCCC)COP(=O)([O-])OCC[N+](C)(C)C. The van der Waals surface area contributed by atoms with E-state index in [1.54, 1.807) is 6.26 Å². The lowest BCUT2D eigenvalue weighted by Crippen LogP contribution is -2.37. The molecule has 0 aromatic rings. The molecule has 0 aliphatic rings. The summed E-state index contributed by atoms with van der Waals surface area (Å²) < 4.78 is 34.3. The fraction of sp³-hybridized carbons (Fsp3) is 0.886. The third-order valence-electron chi connectivity index (χ3n) is 9.72. The van der Waals surface area contributed by atoms with Crippen LogP contribution >= 0.6 is 7.82 Å². The number of carbonyl (C=O) groups excluding carboxylic acids is 1. The molecule has 2 atom stereocenters. The van der Waals surface area contributed by atoms with Crippen molar-refractivity contribution in [2.45, 2.75) is 206 Å². The summed E-state index contributed by atoms with van der Waals surface area (Å²) in [7, 11) is 1.33. The van der Waals surface area contributed by atoms with Crippen LogP contribution in [-0.4, -0.2) is 64.1 Å². The van der Waals surface area contributed by atoms with Gasteiger partial charge in [0.2, 0.25) is 0 Å². The van der Waals surface area contributed by atoms with Crippen LogP contribution < -0.4 is 4.89 Å². The summed E-state index contributed by atoms with van der Waals surface area (Å²) in [4.78, 5) is 25.0. The molecule has 9 heteroatoms. The van der Waals surface area contributed by atoms with Crippen molar-refractivity contribution in [2.24, 2.45) is 0 Å². The zero-order valence-corrected chi connectivity index (χ0v) is 36.2. The summed E-state index contributed by atoms with van der Waals surface area (Å²) in [5.74, 6) is -0.357. The minimum atomic E-state index is -4.54. The number of nitrogens with zero attached hydrogens (tertiary/aromatic N) is 1. The van der Waals surface area contributed by atoms with Crippen LogP contribution in [0, 0.1) is 0 Å². The summed E-state index contributed by atoms with van der Waals surface area (Å²) in [6.45, 7) is 6.27. The number of ether oxygens (including phenoxy) is 2. The molecule has 0 N–H and O–H groups in total. The lowest BCUT2D eigenvalue weighted by atomic mass is 10.0. The van der Waals surface area contributed by atoms with E-state index in [-0.39, 0.29) is 25.8 Å². The topological polar surface area (TPSA) is 94.1 Å². The van der Waals surface area contributed by atoms with Crippen molar-refractivity contribution in [1.29, 1.82) is 0 Å². The van der Waals surface area contributed by atoms with E-state index in [2.05, 4.69) is 13.5 Å². The van der Waals surface area contributed by atoms with Gasteiger partial charge in [0.05, 0.1) is 34.0 Å². The van der Waals surface area contributed by atoms with Crippen molar-refractivity contribution in [2.75, 3.05) is 47.5 Å². The average molecular weight is 772 g/mol. The van der Waals surface area contributed by atoms with E-state index in [4.69, 9.17) is 18.5 Å². The van der Waals surface area contributed by atoms with Crippen molar-refractivity contribution in [3.63, 3.8) is 0 Å². The van der Waals surface area contributed by atoms with E-state index in [1.165, 1.54) is 148 Å². The molecule has 0 spiro atoms. The van der Waals surface area contributed by atoms with Crippen LogP contribution in [0.4, 0.5) is 0 Å². The Morgan fingerprint density at radius 3 is 1.53 bits per heavy atom. The van der Waals surface area contributed by atoms with Crippen molar-refractivity contribution in [3.05, 3.63) is 25.0 Å². The lowest BCUT2D eigenvalue weighted by Gasteiger charge is -2.28. The molecule has 0 aliphatic carbocycles. The van der Waals surface area contributed by atoms with Gasteiger partial charge in [-0.15, -0.1) is 6.58 Å². The quantitative estimate of drug-likeness (QED) is 0.0152. The van der Waals surface area contributed by atoms with Gasteiger partial charge in [0.15, 0.2) is 6.10 Å². The molecule has 53 heavy (non-hydrogen) atoms. The number of likely N-dealkylation sites (N-methyl/N-ethyl adjacent to an activating group) is 1. The Morgan fingerprint density at radius 2 is 1.08 bits per heavy atom. The van der Waals surface area contributed by atoms with Crippen molar-refractivity contribution in [3.8, 4) is 0 Å². The minimum absolute atomic E-state index is 0.0178. The molecule has 0 aliphatic heterocycles. The molecule has 0 saturated heterocycles. The van der Waals surface area contributed by atoms with Crippen LogP contribution in [0.2, 0.25) is 0 Å². The third kappa shape index (κ3) is 41.8. The lowest BCUT2D eigenvalue weighted by molar-refractivity contribution is -0.870. The molecule has 0 saturated carbocycles. The number of phosphoric acid groups is 1. The molecule has 8 nitrogen and oxygen atoms in total. The molecular weight excluding hydrogens is 685 g/mol. The molecular formula is C44H86NO7P. The fourth-order valence-electron chi connectivity index (χ4n) is 6.26. The molecule has 0 radical (unpaired) electrons. The van der Waals surface area contributed by atoms with Gasteiger partial charge in [0.1, 0.15) is 19.8 Å². The molecule has 0 aromatic carbocycles. The first-order valence-corrected chi connectivity index (χ1v) is 23.5. The van der Waals surface area contributed by atoms with E-state index in [0.29, 0.717) is 17.4 Å². The minimum Gasteiger partial charge on any atom is -0.756 e. The Hall–Kier alpha value is -1.18. The van der Waals surface area contributed by atoms with Gasteiger partial charge in [-0.25, -0.2) is 0 Å². The van der Waals surface area contributed by atoms with Crippen LogP contribution in [0.3, 0.4) is 0 Å². The first-order chi connectivity index (χ1) is 25.6. The van der Waals surface area contributed by atoms with Crippen LogP contribution in [0.1, 0.15) is 200 Å². The predicted octanol–water partition coefficient (Wildman–Crippen LogP) is 12.5. The standard InChI is InChI=1S/C44H86NO7P/c1-6-8-10-12-14-16-18-20-22-24-26-28-30-32-34-36-39-49-41-43(42-51-53(47,48)50-40-38-45(3,4)5)52-44(46)37-35-33-31-29-27-25-23-21-19-17-15-13-11-9-7-2/h7,36,39,43H,2,6,8-35,37-38,40-42H2,1,3-5H3/b39-36+/t43-/m1/s1. The molecule has 0 amide bonds. The highest BCUT2D eigenvalue weighted by atomic mass is 31.2. The van der Waals surface area contributed by atoms with Crippen LogP contribution in [0.25, 0.3) is 0 Å². The summed E-state index contributed by atoms with van der Waals surface area (Å²) in [5.41, 5.74) is 0. The Balaban J connectivity index is 4.24. The smallest absolute Gasteiger partial charge is 0.306 e. The first kappa shape index (κ1) is 51.8. The molecule has 0 bridgehead atoms. The normalized spacial score (nSPS) is 13.7. The van der Waals surface area contributed by atoms with E-state index in [9.17, 15) is 14.3 Å². The zero-order valence-electron chi connectivity index (χ0n) is 35.3. The Kier molecular flexibility index (Phi) is 36.9. The number of rotatable bonds is 42. The highest BCUT2D eigenvalue weighted by Gasteiger charge is 2.20. The van der Waals surface area contributed by atoms with Crippen molar-refractivity contribution >= 4 is 13.8 Å². The van der Waals surface area contributed by atoms with Gasteiger partial charge in [0, 0.05) is 6.42 Å². The van der Waals surface area contributed by atoms with Crippen molar-refractivity contribution < 1.29 is 37.3 Å². The highest BCUT2D eigenvalue weighted by molar-refractivity contribution is 7.45. The van der Waals surface area contributed by atoms with Crippen LogP contribution in [0.5, 0.6) is 0 Å². The molecule has 1 unspecified atom stereocenters. The van der Waals surface area contributed by atoms with Gasteiger partial charge in [-0.3, -0.25) is 9.36 Å². The fourth-order valence-corrected chi connectivity index (χ4v) is 6.99. The van der Waals surface area contributed by atoms with Crippen molar-refractivity contribution in [1.82, 2.24) is 0 Å². The van der Waals surface area contributed by atoms with Gasteiger partial charge >= 0.3 is 5.97 Å². The Bertz CT molecular complexity index is 891. The summed E-state index contributed by atoms with van der Waals surface area (Å²) in [6, 6.07) is 0. The number of allylic oxidation sites excluding steroid dienone is 2. The Morgan fingerprint density at radius 1 is 0.642 bits per heavy atom. The summed E-state index contributed by atoms with van der Waals surface area (Å²) >= 11 is 0. The van der Waals surface area contributed by atoms with E-state index < -0.39 is 13.9 Å². The van der Waals surface area contributed by atoms with Gasteiger partial charge in [-0.1, -0.05) is 167 Å². The van der Waals surface area contributed by atoms with E-state index >= 15 is 0 Å². The number of esters is 1. The van der Waals surface area contributed by atoms with Gasteiger partial charge in [-0.05, 0) is 38.2 Å². The second-order valence-corrected chi connectivity index (χ2v) is 17.6. The molecule has 0 aromatic heterocycles. The third-order valence-corrected chi connectivity index (χ3v) is 10.7. The molecule has 0 rings (SSSR count). The average Bonchev–Trinajstić information content (AvgIpc) is 3.11. The van der Waals surface area contributed by atoms with Gasteiger partial charge in [-0.2, -0.15) is 0 Å². The number of phosphoric ester groups is 1. The molecule has 0 heterocycles. The van der Waals surface area contributed by atoms with E-state index in [1.807, 2.05) is 33.3 Å².